The normalized spacial score (nSPS) is 10.5. The maximum absolute atomic E-state index is 11.3. The fourth-order valence-electron chi connectivity index (χ4n) is 1.62. The van der Waals surface area contributed by atoms with Gasteiger partial charge in [0.2, 0.25) is 0 Å². The quantitative estimate of drug-likeness (QED) is 0.521. The molecule has 0 amide bonds. The largest absolute Gasteiger partial charge is 0.465 e. The van der Waals surface area contributed by atoms with E-state index in [0.717, 1.165) is 15.8 Å². The molecule has 5 heteroatoms. The van der Waals surface area contributed by atoms with E-state index < -0.39 is 0 Å². The molecule has 0 fully saturated rings. The van der Waals surface area contributed by atoms with Crippen molar-refractivity contribution >= 4 is 34.3 Å². The highest BCUT2D eigenvalue weighted by atomic mass is 32.2. The Morgan fingerprint density at radius 2 is 2.28 bits per heavy atom. The number of thioether (sulfide) groups is 1. The number of nitrogens with zero attached hydrogens (tertiary/aromatic N) is 1. The van der Waals surface area contributed by atoms with E-state index in [4.69, 9.17) is 10.5 Å². The third kappa shape index (κ3) is 2.73. The molecule has 2 rings (SSSR count). The van der Waals surface area contributed by atoms with Crippen LogP contribution in [0.4, 0.5) is 5.69 Å². The summed E-state index contributed by atoms with van der Waals surface area (Å²) in [7, 11) is 0. The molecule has 1 heterocycles. The minimum atomic E-state index is -0.229. The topological polar surface area (TPSA) is 65.2 Å². The van der Waals surface area contributed by atoms with Crippen LogP contribution < -0.4 is 5.73 Å². The molecule has 0 bridgehead atoms. The van der Waals surface area contributed by atoms with Gasteiger partial charge in [-0.25, -0.2) is 0 Å². The van der Waals surface area contributed by atoms with Gasteiger partial charge >= 0.3 is 5.97 Å². The molecule has 2 N–H and O–H groups in total. The van der Waals surface area contributed by atoms with Gasteiger partial charge in [-0.05, 0) is 31.2 Å². The zero-order valence-corrected chi connectivity index (χ0v) is 10.9. The lowest BCUT2D eigenvalue weighted by Gasteiger charge is -2.07. The highest BCUT2D eigenvalue weighted by molar-refractivity contribution is 8.00. The summed E-state index contributed by atoms with van der Waals surface area (Å²) in [5, 5.41) is 0.909. The highest BCUT2D eigenvalue weighted by Gasteiger charge is 2.08. The molecule has 94 valence electrons. The van der Waals surface area contributed by atoms with Crippen molar-refractivity contribution in [3.05, 3.63) is 30.5 Å². The second-order valence-corrected chi connectivity index (χ2v) is 4.66. The molecule has 0 saturated carbocycles. The Morgan fingerprint density at radius 1 is 1.44 bits per heavy atom. The van der Waals surface area contributed by atoms with E-state index in [1.807, 2.05) is 24.3 Å². The van der Waals surface area contributed by atoms with E-state index in [1.54, 1.807) is 13.1 Å². The van der Waals surface area contributed by atoms with Crippen molar-refractivity contribution in [1.29, 1.82) is 0 Å². The molecule has 4 nitrogen and oxygen atoms in total. The smallest absolute Gasteiger partial charge is 0.316 e. The highest BCUT2D eigenvalue weighted by Crippen LogP contribution is 2.30. The Kier molecular flexibility index (Phi) is 4.04. The summed E-state index contributed by atoms with van der Waals surface area (Å²) in [6.45, 7) is 2.19. The molecule has 1 aromatic carbocycles. The van der Waals surface area contributed by atoms with Gasteiger partial charge in [-0.15, -0.1) is 11.8 Å². The minimum absolute atomic E-state index is 0.229. The van der Waals surface area contributed by atoms with Gasteiger partial charge in [0.25, 0.3) is 0 Å². The summed E-state index contributed by atoms with van der Waals surface area (Å²) >= 11 is 1.38. The number of nitrogen functional groups attached to an aromatic ring is 1. The van der Waals surface area contributed by atoms with Crippen LogP contribution in [0.15, 0.2) is 35.4 Å². The maximum atomic E-state index is 11.3. The van der Waals surface area contributed by atoms with E-state index in [2.05, 4.69) is 4.98 Å². The lowest BCUT2D eigenvalue weighted by atomic mass is 10.2. The first-order valence-electron chi connectivity index (χ1n) is 5.64. The van der Waals surface area contributed by atoms with Crippen molar-refractivity contribution in [1.82, 2.24) is 4.98 Å². The van der Waals surface area contributed by atoms with Crippen LogP contribution in [0.25, 0.3) is 10.9 Å². The van der Waals surface area contributed by atoms with Crippen molar-refractivity contribution in [2.75, 3.05) is 18.1 Å². The van der Waals surface area contributed by atoms with E-state index >= 15 is 0 Å². The van der Waals surface area contributed by atoms with Gasteiger partial charge in [0.05, 0.1) is 23.6 Å². The van der Waals surface area contributed by atoms with Crippen LogP contribution in [0.1, 0.15) is 6.92 Å². The monoisotopic (exact) mass is 262 g/mol. The van der Waals surface area contributed by atoms with Crippen molar-refractivity contribution in [2.45, 2.75) is 11.8 Å². The lowest BCUT2D eigenvalue weighted by Crippen LogP contribution is -2.06. The summed E-state index contributed by atoms with van der Waals surface area (Å²) in [5.74, 6) is 0.0391. The minimum Gasteiger partial charge on any atom is -0.465 e. The number of anilines is 1. The SMILES string of the molecule is CCOC(=O)CSc1ccc2ncccc2c1N. The molecule has 1 aromatic heterocycles. The number of rotatable bonds is 4. The molecule has 2 aromatic rings. The van der Waals surface area contributed by atoms with Crippen molar-refractivity contribution in [3.8, 4) is 0 Å². The van der Waals surface area contributed by atoms with Gasteiger partial charge < -0.3 is 10.5 Å². The zero-order valence-electron chi connectivity index (χ0n) is 10.1. The van der Waals surface area contributed by atoms with Crippen LogP contribution in [0, 0.1) is 0 Å². The first-order chi connectivity index (χ1) is 8.72. The third-order valence-electron chi connectivity index (χ3n) is 2.44. The van der Waals surface area contributed by atoms with Crippen LogP contribution >= 0.6 is 11.8 Å². The number of nitrogens with two attached hydrogens (primary N) is 1. The second-order valence-electron chi connectivity index (χ2n) is 3.64. The van der Waals surface area contributed by atoms with Gasteiger partial charge in [-0.2, -0.15) is 0 Å². The van der Waals surface area contributed by atoms with Gasteiger partial charge in [0, 0.05) is 16.5 Å². The number of esters is 1. The van der Waals surface area contributed by atoms with Crippen molar-refractivity contribution < 1.29 is 9.53 Å². The molecule has 0 aliphatic heterocycles. The van der Waals surface area contributed by atoms with Gasteiger partial charge in [0.1, 0.15) is 0 Å². The zero-order chi connectivity index (χ0) is 13.0. The van der Waals surface area contributed by atoms with E-state index in [9.17, 15) is 4.79 Å². The van der Waals surface area contributed by atoms with E-state index in [0.29, 0.717) is 12.3 Å². The molecule has 0 aliphatic carbocycles. The summed E-state index contributed by atoms with van der Waals surface area (Å²) in [4.78, 5) is 16.4. The molecule has 0 unspecified atom stereocenters. The Hall–Kier alpha value is -1.75. The molecule has 0 saturated heterocycles. The predicted octanol–water partition coefficient (Wildman–Crippen LogP) is 2.47. The van der Waals surface area contributed by atoms with Crippen molar-refractivity contribution in [2.24, 2.45) is 0 Å². The number of aromatic nitrogens is 1. The number of carbonyl (C=O) groups excluding carboxylic acids is 1. The summed E-state index contributed by atoms with van der Waals surface area (Å²) < 4.78 is 4.88. The van der Waals surface area contributed by atoms with Gasteiger partial charge in [0.15, 0.2) is 0 Å². The number of hydrogen-bond donors (Lipinski definition) is 1. The molecular weight excluding hydrogens is 248 g/mol. The second kappa shape index (κ2) is 5.73. The number of pyridine rings is 1. The average Bonchev–Trinajstić information content (AvgIpc) is 2.39. The number of carbonyl (C=O) groups is 1. The van der Waals surface area contributed by atoms with Gasteiger partial charge in [-0.3, -0.25) is 9.78 Å². The summed E-state index contributed by atoms with van der Waals surface area (Å²) in [6.07, 6.45) is 1.73. The fourth-order valence-corrected chi connectivity index (χ4v) is 2.41. The first kappa shape index (κ1) is 12.7. The van der Waals surface area contributed by atoms with Crippen LogP contribution in [0.5, 0.6) is 0 Å². The third-order valence-corrected chi connectivity index (χ3v) is 3.48. The summed E-state index contributed by atoms with van der Waals surface area (Å²) in [6, 6.07) is 7.55. The molecule has 0 radical (unpaired) electrons. The Balaban J connectivity index is 2.19. The molecular formula is C13H14N2O2S. The van der Waals surface area contributed by atoms with Crippen LogP contribution in [-0.2, 0) is 9.53 Å². The van der Waals surface area contributed by atoms with E-state index in [1.165, 1.54) is 11.8 Å². The number of fused-ring (bicyclic) bond motifs is 1. The summed E-state index contributed by atoms with van der Waals surface area (Å²) in [5.41, 5.74) is 7.59. The maximum Gasteiger partial charge on any atom is 0.316 e. The number of ether oxygens (including phenoxy) is 1. The average molecular weight is 262 g/mol. The first-order valence-corrected chi connectivity index (χ1v) is 6.62. The van der Waals surface area contributed by atoms with E-state index in [-0.39, 0.29) is 11.7 Å². The molecule has 0 aliphatic rings. The van der Waals surface area contributed by atoms with Crippen LogP contribution in [-0.4, -0.2) is 23.3 Å². The molecule has 0 atom stereocenters. The van der Waals surface area contributed by atoms with Crippen LogP contribution in [0.2, 0.25) is 0 Å². The predicted molar refractivity (Wildman–Crippen MR) is 73.5 cm³/mol. The Bertz CT molecular complexity index is 572. The number of hydrogen-bond acceptors (Lipinski definition) is 5. The van der Waals surface area contributed by atoms with Crippen LogP contribution in [0.3, 0.4) is 0 Å². The van der Waals surface area contributed by atoms with Gasteiger partial charge in [-0.1, -0.05) is 0 Å². The Morgan fingerprint density at radius 3 is 3.06 bits per heavy atom. The number of benzene rings is 1. The molecule has 18 heavy (non-hydrogen) atoms. The fraction of sp³-hybridized carbons (Fsp3) is 0.231. The van der Waals surface area contributed by atoms with Crippen molar-refractivity contribution in [3.63, 3.8) is 0 Å². The lowest BCUT2D eigenvalue weighted by molar-refractivity contribution is -0.139. The Labute approximate surface area is 110 Å². The standard InChI is InChI=1S/C13H14N2O2S/c1-2-17-12(16)8-18-11-6-5-10-9(13(11)14)4-3-7-15-10/h3-7H,2,8,14H2,1H3. The molecule has 0 spiro atoms.